The summed E-state index contributed by atoms with van der Waals surface area (Å²) in [5.41, 5.74) is 0. The van der Waals surface area contributed by atoms with Crippen molar-refractivity contribution in [1.29, 1.82) is 0 Å². The van der Waals surface area contributed by atoms with Crippen LogP contribution in [0.3, 0.4) is 0 Å². The SMILES string of the molecule is O=C(CC1CS(=O)(=O)CCN1)N1CCN(CC2CC2)CC1. The van der Waals surface area contributed by atoms with Gasteiger partial charge in [0.15, 0.2) is 9.84 Å². The van der Waals surface area contributed by atoms with Gasteiger partial charge in [-0.15, -0.1) is 0 Å². The van der Waals surface area contributed by atoms with Crippen LogP contribution in [0.15, 0.2) is 0 Å². The summed E-state index contributed by atoms with van der Waals surface area (Å²) in [7, 11) is -2.97. The van der Waals surface area contributed by atoms with E-state index in [-0.39, 0.29) is 23.5 Å². The molecule has 1 saturated carbocycles. The van der Waals surface area contributed by atoms with Gasteiger partial charge in [0.05, 0.1) is 11.5 Å². The summed E-state index contributed by atoms with van der Waals surface area (Å²) in [6, 6.07) is -0.208. The molecule has 21 heavy (non-hydrogen) atoms. The van der Waals surface area contributed by atoms with Crippen LogP contribution in [0.1, 0.15) is 19.3 Å². The molecule has 1 N–H and O–H groups in total. The van der Waals surface area contributed by atoms with Gasteiger partial charge in [-0.1, -0.05) is 0 Å². The van der Waals surface area contributed by atoms with Crippen molar-refractivity contribution in [3.8, 4) is 0 Å². The molecule has 0 aromatic rings. The lowest BCUT2D eigenvalue weighted by atomic mass is 10.2. The summed E-state index contributed by atoms with van der Waals surface area (Å²) >= 11 is 0. The normalized spacial score (nSPS) is 30.3. The predicted molar refractivity (Wildman–Crippen MR) is 80.8 cm³/mol. The number of sulfone groups is 1. The summed E-state index contributed by atoms with van der Waals surface area (Å²) in [4.78, 5) is 16.6. The van der Waals surface area contributed by atoms with Crippen molar-refractivity contribution in [2.75, 3.05) is 50.8 Å². The zero-order valence-corrected chi connectivity index (χ0v) is 13.3. The van der Waals surface area contributed by atoms with Gasteiger partial charge in [0.25, 0.3) is 0 Å². The Morgan fingerprint density at radius 3 is 2.48 bits per heavy atom. The van der Waals surface area contributed by atoms with E-state index < -0.39 is 9.84 Å². The third-order valence-corrected chi connectivity index (χ3v) is 6.40. The Morgan fingerprint density at radius 2 is 1.86 bits per heavy atom. The van der Waals surface area contributed by atoms with Crippen molar-refractivity contribution in [2.45, 2.75) is 25.3 Å². The summed E-state index contributed by atoms with van der Waals surface area (Å²) in [6.07, 6.45) is 3.03. The molecule has 3 aliphatic rings. The zero-order valence-electron chi connectivity index (χ0n) is 12.5. The highest BCUT2D eigenvalue weighted by molar-refractivity contribution is 7.91. The molecule has 0 bridgehead atoms. The van der Waals surface area contributed by atoms with Gasteiger partial charge in [-0.2, -0.15) is 0 Å². The van der Waals surface area contributed by atoms with Crippen LogP contribution in [0.2, 0.25) is 0 Å². The highest BCUT2D eigenvalue weighted by Crippen LogP contribution is 2.29. The average molecular weight is 315 g/mol. The van der Waals surface area contributed by atoms with Gasteiger partial charge >= 0.3 is 0 Å². The maximum atomic E-state index is 12.3. The second-order valence-corrected chi connectivity index (χ2v) is 8.82. The van der Waals surface area contributed by atoms with Crippen LogP contribution in [0.25, 0.3) is 0 Å². The monoisotopic (exact) mass is 315 g/mol. The molecule has 0 spiro atoms. The Kier molecular flexibility index (Phi) is 4.51. The number of piperazine rings is 1. The standard InChI is InChI=1S/C14H25N3O3S/c18-14(9-13-11-21(19,20)8-3-15-13)17-6-4-16(5-7-17)10-12-1-2-12/h12-13,15H,1-11H2. The van der Waals surface area contributed by atoms with E-state index in [4.69, 9.17) is 0 Å². The number of rotatable bonds is 4. The minimum absolute atomic E-state index is 0.0932. The molecule has 0 radical (unpaired) electrons. The molecule has 3 fully saturated rings. The van der Waals surface area contributed by atoms with E-state index in [0.717, 1.165) is 32.1 Å². The molecule has 3 rings (SSSR count). The lowest BCUT2D eigenvalue weighted by Gasteiger charge is -2.35. The second kappa shape index (κ2) is 6.22. The first-order valence-corrected chi connectivity index (χ1v) is 9.78. The Hall–Kier alpha value is -0.660. The number of amides is 1. The Labute approximate surface area is 126 Å². The quantitative estimate of drug-likeness (QED) is 0.744. The number of hydrogen-bond acceptors (Lipinski definition) is 5. The third kappa shape index (κ3) is 4.40. The van der Waals surface area contributed by atoms with Gasteiger partial charge in [-0.3, -0.25) is 9.69 Å². The van der Waals surface area contributed by atoms with Crippen molar-refractivity contribution in [2.24, 2.45) is 5.92 Å². The van der Waals surface area contributed by atoms with Crippen LogP contribution in [0, 0.1) is 5.92 Å². The summed E-state index contributed by atoms with van der Waals surface area (Å²) < 4.78 is 23.2. The molecular formula is C14H25N3O3S. The van der Waals surface area contributed by atoms with Gasteiger partial charge in [-0.25, -0.2) is 8.42 Å². The summed E-state index contributed by atoms with van der Waals surface area (Å²) in [5, 5.41) is 3.15. The van der Waals surface area contributed by atoms with Crippen LogP contribution in [0.5, 0.6) is 0 Å². The maximum absolute atomic E-state index is 12.3. The Balaban J connectivity index is 1.43. The van der Waals surface area contributed by atoms with Gasteiger partial charge < -0.3 is 10.2 Å². The van der Waals surface area contributed by atoms with Crippen LogP contribution >= 0.6 is 0 Å². The fraction of sp³-hybridized carbons (Fsp3) is 0.929. The number of carbonyl (C=O) groups excluding carboxylic acids is 1. The van der Waals surface area contributed by atoms with E-state index in [9.17, 15) is 13.2 Å². The summed E-state index contributed by atoms with van der Waals surface area (Å²) in [6.45, 7) is 5.13. The molecule has 120 valence electrons. The van der Waals surface area contributed by atoms with Crippen LogP contribution in [-0.2, 0) is 14.6 Å². The topological polar surface area (TPSA) is 69.7 Å². The molecule has 2 heterocycles. The van der Waals surface area contributed by atoms with E-state index in [2.05, 4.69) is 10.2 Å². The first-order chi connectivity index (χ1) is 10.0. The molecular weight excluding hydrogens is 290 g/mol. The molecule has 0 aromatic heterocycles. The van der Waals surface area contributed by atoms with Crippen molar-refractivity contribution in [1.82, 2.24) is 15.1 Å². The molecule has 2 saturated heterocycles. The van der Waals surface area contributed by atoms with Gasteiger partial charge in [0, 0.05) is 51.7 Å². The van der Waals surface area contributed by atoms with E-state index in [1.54, 1.807) is 0 Å². The Morgan fingerprint density at radius 1 is 1.14 bits per heavy atom. The van der Waals surface area contributed by atoms with E-state index in [1.807, 2.05) is 4.90 Å². The van der Waals surface area contributed by atoms with Gasteiger partial charge in [-0.05, 0) is 18.8 Å². The van der Waals surface area contributed by atoms with Crippen LogP contribution in [-0.4, -0.2) is 80.9 Å². The van der Waals surface area contributed by atoms with E-state index in [0.29, 0.717) is 13.0 Å². The number of nitrogens with zero attached hydrogens (tertiary/aromatic N) is 2. The first-order valence-electron chi connectivity index (χ1n) is 7.96. The van der Waals surface area contributed by atoms with Crippen LogP contribution < -0.4 is 5.32 Å². The van der Waals surface area contributed by atoms with E-state index in [1.165, 1.54) is 19.4 Å². The van der Waals surface area contributed by atoms with Crippen LogP contribution in [0.4, 0.5) is 0 Å². The largest absolute Gasteiger partial charge is 0.340 e. The molecule has 0 aromatic carbocycles. The number of hydrogen-bond donors (Lipinski definition) is 1. The van der Waals surface area contributed by atoms with Gasteiger partial charge in [0.1, 0.15) is 0 Å². The first kappa shape index (κ1) is 15.2. The maximum Gasteiger partial charge on any atom is 0.224 e. The van der Waals surface area contributed by atoms with Crippen molar-refractivity contribution in [3.05, 3.63) is 0 Å². The molecule has 7 heteroatoms. The molecule has 1 aliphatic carbocycles. The molecule has 1 amide bonds. The number of carbonyl (C=O) groups is 1. The fourth-order valence-electron chi connectivity index (χ4n) is 3.18. The van der Waals surface area contributed by atoms with E-state index >= 15 is 0 Å². The lowest BCUT2D eigenvalue weighted by molar-refractivity contribution is -0.133. The predicted octanol–water partition coefficient (Wildman–Crippen LogP) is -0.683. The zero-order chi connectivity index (χ0) is 14.9. The fourth-order valence-corrected chi connectivity index (χ4v) is 4.63. The molecule has 2 aliphatic heterocycles. The van der Waals surface area contributed by atoms with Crippen molar-refractivity contribution >= 4 is 15.7 Å². The lowest BCUT2D eigenvalue weighted by Crippen LogP contribution is -2.52. The summed E-state index contributed by atoms with van der Waals surface area (Å²) in [5.74, 6) is 1.28. The average Bonchev–Trinajstić information content (AvgIpc) is 3.22. The third-order valence-electron chi connectivity index (χ3n) is 4.66. The van der Waals surface area contributed by atoms with Crippen molar-refractivity contribution in [3.63, 3.8) is 0 Å². The minimum Gasteiger partial charge on any atom is -0.340 e. The highest BCUT2D eigenvalue weighted by Gasteiger charge is 2.30. The van der Waals surface area contributed by atoms with Gasteiger partial charge in [0.2, 0.25) is 5.91 Å². The second-order valence-electron chi connectivity index (χ2n) is 6.59. The molecule has 1 unspecified atom stereocenters. The molecule has 1 atom stereocenters. The smallest absolute Gasteiger partial charge is 0.224 e. The minimum atomic E-state index is -2.97. The highest BCUT2D eigenvalue weighted by atomic mass is 32.2. The van der Waals surface area contributed by atoms with Crippen molar-refractivity contribution < 1.29 is 13.2 Å². The molecule has 6 nitrogen and oxygen atoms in total. The Bertz CT molecular complexity index is 482. The number of nitrogens with one attached hydrogen (secondary N) is 1.